The Labute approximate surface area is 141 Å². The number of hydrogen-bond donors (Lipinski definition) is 1. The molecular weight excluding hydrogens is 306 g/mol. The third-order valence-corrected chi connectivity index (χ3v) is 4.09. The van der Waals surface area contributed by atoms with Crippen molar-refractivity contribution in [2.45, 2.75) is 44.4 Å². The highest BCUT2D eigenvalue weighted by molar-refractivity contribution is 5.69. The lowest BCUT2D eigenvalue weighted by atomic mass is 10.1. The highest BCUT2D eigenvalue weighted by Crippen LogP contribution is 2.40. The van der Waals surface area contributed by atoms with Gasteiger partial charge in [0, 0.05) is 30.1 Å². The third kappa shape index (κ3) is 4.57. The van der Waals surface area contributed by atoms with Crippen molar-refractivity contribution < 1.29 is 13.9 Å². The van der Waals surface area contributed by atoms with Gasteiger partial charge in [-0.05, 0) is 43.9 Å². The molecule has 128 valence electrons. The molecule has 0 saturated heterocycles. The van der Waals surface area contributed by atoms with E-state index in [-0.39, 0.29) is 5.97 Å². The van der Waals surface area contributed by atoms with Crippen LogP contribution in [0.3, 0.4) is 0 Å². The van der Waals surface area contributed by atoms with Gasteiger partial charge in [0.15, 0.2) is 0 Å². The molecule has 6 heteroatoms. The summed E-state index contributed by atoms with van der Waals surface area (Å²) >= 11 is 0. The van der Waals surface area contributed by atoms with E-state index in [0.717, 1.165) is 55.8 Å². The van der Waals surface area contributed by atoms with Gasteiger partial charge in [-0.2, -0.15) is 0 Å². The molecular formula is C18H23N3O3. The molecule has 0 unspecified atom stereocenters. The van der Waals surface area contributed by atoms with E-state index in [1.165, 1.54) is 7.11 Å². The predicted molar refractivity (Wildman–Crippen MR) is 90.7 cm³/mol. The maximum absolute atomic E-state index is 11.0. The van der Waals surface area contributed by atoms with Gasteiger partial charge >= 0.3 is 5.97 Å². The molecule has 1 aromatic carbocycles. The van der Waals surface area contributed by atoms with E-state index >= 15 is 0 Å². The van der Waals surface area contributed by atoms with Crippen LogP contribution in [0.25, 0.3) is 11.5 Å². The SMILES string of the molecule is COC(=O)CCCCCNc1cccc(-c2nnc(C3CC3)o2)c1. The molecule has 1 aliphatic carbocycles. The van der Waals surface area contributed by atoms with Gasteiger partial charge in [0.25, 0.3) is 0 Å². The topological polar surface area (TPSA) is 77.2 Å². The molecule has 0 radical (unpaired) electrons. The van der Waals surface area contributed by atoms with E-state index in [2.05, 4.69) is 20.3 Å². The molecule has 1 aliphatic rings. The van der Waals surface area contributed by atoms with Crippen LogP contribution in [-0.4, -0.2) is 29.8 Å². The van der Waals surface area contributed by atoms with Crippen LogP contribution in [0, 0.1) is 0 Å². The van der Waals surface area contributed by atoms with Crippen LogP contribution in [0.5, 0.6) is 0 Å². The molecule has 1 aromatic heterocycles. The van der Waals surface area contributed by atoms with Crippen molar-refractivity contribution in [2.75, 3.05) is 19.0 Å². The predicted octanol–water partition coefficient (Wildman–Crippen LogP) is 3.76. The molecule has 24 heavy (non-hydrogen) atoms. The Balaban J connectivity index is 1.45. The summed E-state index contributed by atoms with van der Waals surface area (Å²) in [5.74, 6) is 1.67. The van der Waals surface area contributed by atoms with Crippen LogP contribution < -0.4 is 5.32 Å². The summed E-state index contributed by atoms with van der Waals surface area (Å²) in [7, 11) is 1.42. The molecule has 0 bridgehead atoms. The minimum atomic E-state index is -0.138. The minimum absolute atomic E-state index is 0.138. The highest BCUT2D eigenvalue weighted by atomic mass is 16.5. The zero-order chi connectivity index (χ0) is 16.8. The number of rotatable bonds is 9. The average molecular weight is 329 g/mol. The van der Waals surface area contributed by atoms with E-state index in [1.54, 1.807) is 0 Å². The Morgan fingerprint density at radius 2 is 2.17 bits per heavy atom. The molecule has 0 spiro atoms. The monoisotopic (exact) mass is 329 g/mol. The Hall–Kier alpha value is -2.37. The molecule has 0 amide bonds. The summed E-state index contributed by atoms with van der Waals surface area (Å²) in [5.41, 5.74) is 1.97. The number of aromatic nitrogens is 2. The summed E-state index contributed by atoms with van der Waals surface area (Å²) < 4.78 is 10.4. The number of unbranched alkanes of at least 4 members (excludes halogenated alkanes) is 2. The number of nitrogens with one attached hydrogen (secondary N) is 1. The number of nitrogens with zero attached hydrogens (tertiary/aromatic N) is 2. The van der Waals surface area contributed by atoms with E-state index in [0.29, 0.717) is 18.2 Å². The zero-order valence-electron chi connectivity index (χ0n) is 14.0. The normalized spacial score (nSPS) is 13.7. The molecule has 1 saturated carbocycles. The summed E-state index contributed by atoms with van der Waals surface area (Å²) in [6.45, 7) is 0.863. The first-order valence-electron chi connectivity index (χ1n) is 8.51. The van der Waals surface area contributed by atoms with Crippen LogP contribution in [0.15, 0.2) is 28.7 Å². The average Bonchev–Trinajstić information content (AvgIpc) is 3.35. The fraction of sp³-hybridized carbons (Fsp3) is 0.500. The first kappa shape index (κ1) is 16.5. The number of benzene rings is 1. The summed E-state index contributed by atoms with van der Waals surface area (Å²) in [4.78, 5) is 11.0. The molecule has 0 aliphatic heterocycles. The first-order valence-corrected chi connectivity index (χ1v) is 8.51. The van der Waals surface area contributed by atoms with Crippen LogP contribution in [0.4, 0.5) is 5.69 Å². The fourth-order valence-electron chi connectivity index (χ4n) is 2.51. The maximum Gasteiger partial charge on any atom is 0.305 e. The molecule has 1 fully saturated rings. The van der Waals surface area contributed by atoms with Crippen LogP contribution in [-0.2, 0) is 9.53 Å². The van der Waals surface area contributed by atoms with E-state index in [4.69, 9.17) is 4.42 Å². The lowest BCUT2D eigenvalue weighted by Crippen LogP contribution is -2.03. The van der Waals surface area contributed by atoms with Gasteiger partial charge < -0.3 is 14.5 Å². The molecule has 0 atom stereocenters. The summed E-state index contributed by atoms with van der Waals surface area (Å²) in [6, 6.07) is 8.01. The van der Waals surface area contributed by atoms with Crippen molar-refractivity contribution in [3.05, 3.63) is 30.2 Å². The Kier molecular flexibility index (Phi) is 5.46. The quantitative estimate of drug-likeness (QED) is 0.557. The van der Waals surface area contributed by atoms with Gasteiger partial charge in [-0.15, -0.1) is 10.2 Å². The van der Waals surface area contributed by atoms with E-state index < -0.39 is 0 Å². The van der Waals surface area contributed by atoms with Gasteiger partial charge in [0.1, 0.15) is 0 Å². The van der Waals surface area contributed by atoms with Crippen LogP contribution >= 0.6 is 0 Å². The third-order valence-electron chi connectivity index (χ3n) is 4.09. The van der Waals surface area contributed by atoms with Crippen molar-refractivity contribution in [3.63, 3.8) is 0 Å². The van der Waals surface area contributed by atoms with Gasteiger partial charge in [0.05, 0.1) is 7.11 Å². The maximum atomic E-state index is 11.0. The molecule has 1 N–H and O–H groups in total. The second-order valence-corrected chi connectivity index (χ2v) is 6.11. The van der Waals surface area contributed by atoms with Crippen LogP contribution in [0.1, 0.15) is 50.3 Å². The van der Waals surface area contributed by atoms with E-state index in [1.807, 2.05) is 24.3 Å². The standard InChI is InChI=1S/C18H23N3O3/c1-23-16(22)8-3-2-4-11-19-15-7-5-6-14(12-15)18-21-20-17(24-18)13-9-10-13/h5-7,12-13,19H,2-4,8-11H2,1H3. The van der Waals surface area contributed by atoms with Crippen molar-refractivity contribution in [1.29, 1.82) is 0 Å². The second kappa shape index (κ2) is 7.95. The Morgan fingerprint density at radius 1 is 1.29 bits per heavy atom. The van der Waals surface area contributed by atoms with Crippen molar-refractivity contribution in [2.24, 2.45) is 0 Å². The number of ether oxygens (including phenoxy) is 1. The minimum Gasteiger partial charge on any atom is -0.469 e. The highest BCUT2D eigenvalue weighted by Gasteiger charge is 2.29. The Morgan fingerprint density at radius 3 is 2.96 bits per heavy atom. The summed E-state index contributed by atoms with van der Waals surface area (Å²) in [6.07, 6.45) is 5.66. The zero-order valence-corrected chi connectivity index (χ0v) is 14.0. The first-order chi connectivity index (χ1) is 11.8. The van der Waals surface area contributed by atoms with E-state index in [9.17, 15) is 4.79 Å². The van der Waals surface area contributed by atoms with Crippen molar-refractivity contribution in [1.82, 2.24) is 10.2 Å². The van der Waals surface area contributed by atoms with Crippen molar-refractivity contribution in [3.8, 4) is 11.5 Å². The van der Waals surface area contributed by atoms with Crippen LogP contribution in [0.2, 0.25) is 0 Å². The smallest absolute Gasteiger partial charge is 0.305 e. The van der Waals surface area contributed by atoms with Crippen molar-refractivity contribution >= 4 is 11.7 Å². The molecule has 3 rings (SSSR count). The number of anilines is 1. The summed E-state index contributed by atoms with van der Waals surface area (Å²) in [5, 5.41) is 11.7. The number of carbonyl (C=O) groups is 1. The molecule has 1 heterocycles. The number of methoxy groups -OCH3 is 1. The lowest BCUT2D eigenvalue weighted by molar-refractivity contribution is -0.140. The number of carbonyl (C=O) groups excluding carboxylic acids is 1. The van der Waals surface area contributed by atoms with Gasteiger partial charge in [-0.25, -0.2) is 0 Å². The number of esters is 1. The number of hydrogen-bond acceptors (Lipinski definition) is 6. The molecule has 2 aromatic rings. The second-order valence-electron chi connectivity index (χ2n) is 6.11. The molecule has 6 nitrogen and oxygen atoms in total. The van der Waals surface area contributed by atoms with Gasteiger partial charge in [-0.1, -0.05) is 12.5 Å². The lowest BCUT2D eigenvalue weighted by Gasteiger charge is -2.07. The Bertz CT molecular complexity index is 680. The fourth-order valence-corrected chi connectivity index (χ4v) is 2.51. The van der Waals surface area contributed by atoms with Gasteiger partial charge in [0.2, 0.25) is 11.8 Å². The van der Waals surface area contributed by atoms with Gasteiger partial charge in [-0.3, -0.25) is 4.79 Å². The largest absolute Gasteiger partial charge is 0.469 e.